The van der Waals surface area contributed by atoms with E-state index in [1.807, 2.05) is 0 Å². The molecule has 15 heavy (non-hydrogen) atoms. The number of benzene rings is 1. The van der Waals surface area contributed by atoms with Gasteiger partial charge in [-0.2, -0.15) is 8.42 Å². The average Bonchev–Trinajstić information content (AvgIpc) is 2.15. The highest BCUT2D eigenvalue weighted by molar-refractivity contribution is 9.10. The van der Waals surface area contributed by atoms with Gasteiger partial charge in [-0.25, -0.2) is 0 Å². The summed E-state index contributed by atoms with van der Waals surface area (Å²) in [6.45, 7) is 0. The first-order valence-electron chi connectivity index (χ1n) is 4.00. The van der Waals surface area contributed by atoms with E-state index in [0.29, 0.717) is 9.86 Å². The van der Waals surface area contributed by atoms with E-state index in [0.717, 1.165) is 0 Å². The number of aromatic nitrogens is 1. The highest BCUT2D eigenvalue weighted by Gasteiger charge is 2.15. The van der Waals surface area contributed by atoms with Crippen LogP contribution in [0.2, 0.25) is 0 Å². The third-order valence-electron chi connectivity index (χ3n) is 1.91. The van der Waals surface area contributed by atoms with E-state index >= 15 is 0 Å². The van der Waals surface area contributed by atoms with Crippen molar-refractivity contribution in [2.24, 2.45) is 0 Å². The number of halogens is 1. The summed E-state index contributed by atoms with van der Waals surface area (Å²) in [5.41, 5.74) is 0.267. The maximum absolute atomic E-state index is 11.1. The van der Waals surface area contributed by atoms with E-state index in [2.05, 4.69) is 20.9 Å². The highest BCUT2D eigenvalue weighted by Crippen LogP contribution is 2.25. The van der Waals surface area contributed by atoms with Gasteiger partial charge in [0.05, 0.1) is 5.52 Å². The Labute approximate surface area is 94.8 Å². The number of hydrogen-bond acceptors (Lipinski definition) is 3. The van der Waals surface area contributed by atoms with Crippen molar-refractivity contribution in [2.75, 3.05) is 0 Å². The fraction of sp³-hybridized carbons (Fsp3) is 0. The molecule has 0 amide bonds. The molecule has 0 aliphatic carbocycles. The number of rotatable bonds is 1. The normalized spacial score (nSPS) is 11.9. The second-order valence-corrected chi connectivity index (χ2v) is 5.26. The maximum atomic E-state index is 11.1. The van der Waals surface area contributed by atoms with Crippen LogP contribution in [-0.4, -0.2) is 18.0 Å². The Balaban J connectivity index is 2.96. The van der Waals surface area contributed by atoms with Gasteiger partial charge in [0.1, 0.15) is 4.90 Å². The van der Waals surface area contributed by atoms with Gasteiger partial charge in [-0.3, -0.25) is 9.54 Å². The summed E-state index contributed by atoms with van der Waals surface area (Å²) in [6, 6.07) is 6.48. The lowest BCUT2D eigenvalue weighted by Crippen LogP contribution is -2.00. The molecule has 78 valence electrons. The molecule has 0 spiro atoms. The zero-order valence-electron chi connectivity index (χ0n) is 7.38. The van der Waals surface area contributed by atoms with Gasteiger partial charge in [0.2, 0.25) is 0 Å². The Morgan fingerprint density at radius 3 is 2.73 bits per heavy atom. The molecule has 1 N–H and O–H groups in total. The minimum Gasteiger partial charge on any atom is -0.282 e. The first kappa shape index (κ1) is 10.5. The zero-order chi connectivity index (χ0) is 11.1. The number of nitrogens with zero attached hydrogens (tertiary/aromatic N) is 1. The Kier molecular flexibility index (Phi) is 2.49. The predicted molar refractivity (Wildman–Crippen MR) is 59.3 cm³/mol. The lowest BCUT2D eigenvalue weighted by Gasteiger charge is -2.03. The monoisotopic (exact) mass is 287 g/mol. The average molecular weight is 288 g/mol. The quantitative estimate of drug-likeness (QED) is 0.817. The molecule has 0 aliphatic heterocycles. The van der Waals surface area contributed by atoms with Crippen LogP contribution in [0.3, 0.4) is 0 Å². The number of hydrogen-bond donors (Lipinski definition) is 1. The van der Waals surface area contributed by atoms with Crippen molar-refractivity contribution in [3.05, 3.63) is 34.9 Å². The fourth-order valence-corrected chi connectivity index (χ4v) is 2.64. The van der Waals surface area contributed by atoms with Crippen molar-refractivity contribution >= 4 is 37.0 Å². The van der Waals surface area contributed by atoms with Crippen LogP contribution < -0.4 is 0 Å². The minimum absolute atomic E-state index is 0.188. The van der Waals surface area contributed by atoms with Gasteiger partial charge >= 0.3 is 0 Å². The summed E-state index contributed by atoms with van der Waals surface area (Å²) < 4.78 is 31.8. The number of pyridine rings is 1. The van der Waals surface area contributed by atoms with Crippen molar-refractivity contribution in [1.29, 1.82) is 0 Å². The van der Waals surface area contributed by atoms with E-state index in [1.165, 1.54) is 12.3 Å². The first-order valence-corrected chi connectivity index (χ1v) is 6.23. The molecule has 4 nitrogen and oxygen atoms in total. The smallest absolute Gasteiger partial charge is 0.282 e. The highest BCUT2D eigenvalue weighted by atomic mass is 79.9. The van der Waals surface area contributed by atoms with Gasteiger partial charge < -0.3 is 0 Å². The van der Waals surface area contributed by atoms with Crippen LogP contribution in [0.4, 0.5) is 0 Å². The Morgan fingerprint density at radius 1 is 1.33 bits per heavy atom. The molecular weight excluding hydrogens is 282 g/mol. The zero-order valence-corrected chi connectivity index (χ0v) is 9.79. The summed E-state index contributed by atoms with van der Waals surface area (Å²) in [7, 11) is -4.24. The van der Waals surface area contributed by atoms with Gasteiger partial charge in [0.15, 0.2) is 0 Å². The van der Waals surface area contributed by atoms with E-state index in [4.69, 9.17) is 4.55 Å². The first-order chi connectivity index (χ1) is 6.98. The molecule has 0 saturated heterocycles. The summed E-state index contributed by atoms with van der Waals surface area (Å²) in [6.07, 6.45) is 1.48. The second-order valence-electron chi connectivity index (χ2n) is 2.95. The van der Waals surface area contributed by atoms with Crippen LogP contribution >= 0.6 is 15.9 Å². The molecule has 2 aromatic rings. The Bertz CT molecular complexity index is 624. The van der Waals surface area contributed by atoms with Crippen LogP contribution in [0.25, 0.3) is 10.9 Å². The van der Waals surface area contributed by atoms with Gasteiger partial charge in [0.25, 0.3) is 10.1 Å². The molecule has 0 unspecified atom stereocenters. The maximum Gasteiger partial charge on any atom is 0.296 e. The van der Waals surface area contributed by atoms with Crippen molar-refractivity contribution in [1.82, 2.24) is 4.98 Å². The Hall–Kier alpha value is -0.980. The Morgan fingerprint density at radius 2 is 2.07 bits per heavy atom. The summed E-state index contributed by atoms with van der Waals surface area (Å²) in [4.78, 5) is 3.74. The van der Waals surface area contributed by atoms with Crippen molar-refractivity contribution in [3.63, 3.8) is 0 Å². The molecule has 6 heteroatoms. The summed E-state index contributed by atoms with van der Waals surface area (Å²) in [5, 5.41) is 0.652. The van der Waals surface area contributed by atoms with E-state index in [1.54, 1.807) is 18.2 Å². The second kappa shape index (κ2) is 3.55. The van der Waals surface area contributed by atoms with Gasteiger partial charge in [-0.15, -0.1) is 0 Å². The van der Waals surface area contributed by atoms with Gasteiger partial charge in [-0.1, -0.05) is 22.0 Å². The molecule has 0 radical (unpaired) electrons. The molecule has 0 saturated carbocycles. The number of fused-ring (bicyclic) bond motifs is 1. The SMILES string of the molecule is O=S(=O)(O)c1cc(Br)cc2cccnc12. The van der Waals surface area contributed by atoms with E-state index in [9.17, 15) is 8.42 Å². The van der Waals surface area contributed by atoms with Crippen LogP contribution in [0, 0.1) is 0 Å². The molecule has 0 fully saturated rings. The molecule has 1 aromatic carbocycles. The third-order valence-corrected chi connectivity index (χ3v) is 3.24. The summed E-state index contributed by atoms with van der Waals surface area (Å²) >= 11 is 3.17. The van der Waals surface area contributed by atoms with Gasteiger partial charge in [0, 0.05) is 16.1 Å². The third kappa shape index (κ3) is 2.01. The van der Waals surface area contributed by atoms with Gasteiger partial charge in [-0.05, 0) is 18.2 Å². The van der Waals surface area contributed by atoms with Crippen molar-refractivity contribution in [3.8, 4) is 0 Å². The molecule has 0 atom stereocenters. The standard InChI is InChI=1S/C9H6BrNO3S/c10-7-4-6-2-1-3-11-9(6)8(5-7)15(12,13)14/h1-5H,(H,12,13,14). The molecular formula is C9H6BrNO3S. The van der Waals surface area contributed by atoms with Crippen LogP contribution in [-0.2, 0) is 10.1 Å². The summed E-state index contributed by atoms with van der Waals surface area (Å²) in [5.74, 6) is 0. The largest absolute Gasteiger partial charge is 0.296 e. The van der Waals surface area contributed by atoms with Crippen LogP contribution in [0.15, 0.2) is 39.8 Å². The lowest BCUT2D eigenvalue weighted by molar-refractivity contribution is 0.484. The molecule has 1 heterocycles. The van der Waals surface area contributed by atoms with Crippen LogP contribution in [0.5, 0.6) is 0 Å². The molecule has 0 aliphatic rings. The fourth-order valence-electron chi connectivity index (χ4n) is 1.32. The molecule has 0 bridgehead atoms. The van der Waals surface area contributed by atoms with Crippen molar-refractivity contribution in [2.45, 2.75) is 4.90 Å². The van der Waals surface area contributed by atoms with Crippen LogP contribution in [0.1, 0.15) is 0 Å². The van der Waals surface area contributed by atoms with E-state index < -0.39 is 10.1 Å². The topological polar surface area (TPSA) is 67.3 Å². The molecule has 2 rings (SSSR count). The minimum atomic E-state index is -4.24. The van der Waals surface area contributed by atoms with Crippen molar-refractivity contribution < 1.29 is 13.0 Å². The molecule has 1 aromatic heterocycles. The lowest BCUT2D eigenvalue weighted by atomic mass is 10.2. The van der Waals surface area contributed by atoms with E-state index in [-0.39, 0.29) is 10.4 Å². The predicted octanol–water partition coefficient (Wildman–Crippen LogP) is 2.24.